The molecule has 2 amide bonds. The van der Waals surface area contributed by atoms with Gasteiger partial charge in [0.05, 0.1) is 24.1 Å². The lowest BCUT2D eigenvalue weighted by atomic mass is 10.2. The zero-order valence-electron chi connectivity index (χ0n) is 14.8. The van der Waals surface area contributed by atoms with Gasteiger partial charge in [-0.05, 0) is 25.0 Å². The van der Waals surface area contributed by atoms with E-state index in [1.807, 2.05) is 29.0 Å². The molecule has 26 heavy (non-hydrogen) atoms. The summed E-state index contributed by atoms with van der Waals surface area (Å²) in [5, 5.41) is 0. The van der Waals surface area contributed by atoms with E-state index in [1.165, 1.54) is 11.3 Å². The third-order valence-electron chi connectivity index (χ3n) is 4.99. The molecule has 1 unspecified atom stereocenters. The molecule has 2 aliphatic rings. The molecule has 0 aliphatic carbocycles. The predicted molar refractivity (Wildman–Crippen MR) is 97.3 cm³/mol. The molecule has 1 atom stereocenters. The Morgan fingerprint density at radius 3 is 2.73 bits per heavy atom. The van der Waals surface area contributed by atoms with Gasteiger partial charge in [0.2, 0.25) is 0 Å². The molecule has 0 saturated carbocycles. The van der Waals surface area contributed by atoms with Gasteiger partial charge in [0.1, 0.15) is 0 Å². The number of carbonyl (C=O) groups excluding carboxylic acids is 2. The summed E-state index contributed by atoms with van der Waals surface area (Å²) in [6, 6.07) is 3.91. The predicted octanol–water partition coefficient (Wildman–Crippen LogP) is 1.93. The van der Waals surface area contributed by atoms with Crippen LogP contribution in [-0.4, -0.2) is 64.0 Å². The van der Waals surface area contributed by atoms with Gasteiger partial charge >= 0.3 is 0 Å². The molecular formula is C18H22N4O3S. The highest BCUT2D eigenvalue weighted by Crippen LogP contribution is 2.37. The van der Waals surface area contributed by atoms with E-state index in [9.17, 15) is 9.59 Å². The molecule has 2 aromatic rings. The summed E-state index contributed by atoms with van der Waals surface area (Å²) in [7, 11) is 1.83. The van der Waals surface area contributed by atoms with Gasteiger partial charge in [-0.3, -0.25) is 9.59 Å². The smallest absolute Gasteiger partial charge is 0.290 e. The first-order chi connectivity index (χ1) is 12.6. The van der Waals surface area contributed by atoms with Crippen LogP contribution in [0.1, 0.15) is 44.1 Å². The Kier molecular flexibility index (Phi) is 4.78. The summed E-state index contributed by atoms with van der Waals surface area (Å²) >= 11 is 1.50. The number of aryl methyl sites for hydroxylation is 1. The highest BCUT2D eigenvalue weighted by molar-refractivity contribution is 7.14. The van der Waals surface area contributed by atoms with Gasteiger partial charge in [0.15, 0.2) is 5.82 Å². The Morgan fingerprint density at radius 2 is 2.00 bits per heavy atom. The molecule has 0 bridgehead atoms. The fourth-order valence-electron chi connectivity index (χ4n) is 3.57. The molecule has 8 heteroatoms. The first-order valence-electron chi connectivity index (χ1n) is 8.90. The normalized spacial score (nSPS) is 20.6. The first-order valence-corrected chi connectivity index (χ1v) is 9.72. The van der Waals surface area contributed by atoms with Crippen molar-refractivity contribution in [3.63, 3.8) is 0 Å². The minimum Gasteiger partial charge on any atom is -0.378 e. The van der Waals surface area contributed by atoms with E-state index in [1.54, 1.807) is 17.0 Å². The van der Waals surface area contributed by atoms with E-state index in [0.717, 1.165) is 29.1 Å². The molecule has 4 heterocycles. The summed E-state index contributed by atoms with van der Waals surface area (Å²) < 4.78 is 7.06. The minimum absolute atomic E-state index is 0.0236. The molecule has 138 valence electrons. The van der Waals surface area contributed by atoms with Crippen molar-refractivity contribution in [2.45, 2.75) is 18.9 Å². The molecule has 4 rings (SSSR count). The number of rotatable bonds is 3. The Balaban J connectivity index is 1.52. The maximum absolute atomic E-state index is 12.9. The quantitative estimate of drug-likeness (QED) is 0.823. The zero-order chi connectivity index (χ0) is 18.1. The lowest BCUT2D eigenvalue weighted by Gasteiger charge is -2.26. The highest BCUT2D eigenvalue weighted by atomic mass is 32.1. The highest BCUT2D eigenvalue weighted by Gasteiger charge is 2.33. The number of likely N-dealkylation sites (tertiary alicyclic amines) is 1. The van der Waals surface area contributed by atoms with Gasteiger partial charge in [0, 0.05) is 44.0 Å². The molecule has 0 radical (unpaired) electrons. The summed E-state index contributed by atoms with van der Waals surface area (Å²) in [6.07, 6.45) is 5.30. The second-order valence-corrected chi connectivity index (χ2v) is 7.74. The number of hydrogen-bond acceptors (Lipinski definition) is 5. The van der Waals surface area contributed by atoms with Crippen LogP contribution < -0.4 is 0 Å². The van der Waals surface area contributed by atoms with Crippen molar-refractivity contribution >= 4 is 23.2 Å². The Morgan fingerprint density at radius 1 is 1.19 bits per heavy atom. The Hall–Kier alpha value is -2.19. The van der Waals surface area contributed by atoms with E-state index >= 15 is 0 Å². The van der Waals surface area contributed by atoms with Gasteiger partial charge < -0.3 is 19.1 Å². The summed E-state index contributed by atoms with van der Waals surface area (Å²) in [4.78, 5) is 35.2. The Bertz CT molecular complexity index is 809. The van der Waals surface area contributed by atoms with Gasteiger partial charge in [-0.25, -0.2) is 4.98 Å². The van der Waals surface area contributed by atoms with E-state index in [2.05, 4.69) is 4.98 Å². The maximum atomic E-state index is 12.9. The Labute approximate surface area is 156 Å². The van der Waals surface area contributed by atoms with Crippen LogP contribution in [0, 0.1) is 0 Å². The van der Waals surface area contributed by atoms with Crippen molar-refractivity contribution in [3.05, 3.63) is 40.1 Å². The van der Waals surface area contributed by atoms with Crippen LogP contribution in [0.25, 0.3) is 0 Å². The van der Waals surface area contributed by atoms with Crippen LogP contribution in [0.4, 0.5) is 0 Å². The number of thiophene rings is 1. The lowest BCUT2D eigenvalue weighted by Crippen LogP contribution is -2.40. The number of ether oxygens (including phenoxy) is 1. The number of hydrogen-bond donors (Lipinski definition) is 0. The van der Waals surface area contributed by atoms with Crippen molar-refractivity contribution in [1.82, 2.24) is 19.4 Å². The molecule has 7 nitrogen and oxygen atoms in total. The van der Waals surface area contributed by atoms with Gasteiger partial charge in [-0.2, -0.15) is 0 Å². The topological polar surface area (TPSA) is 67.7 Å². The summed E-state index contributed by atoms with van der Waals surface area (Å²) in [6.45, 7) is 3.19. The minimum atomic E-state index is -0.0468. The number of carbonyl (C=O) groups is 2. The molecule has 0 spiro atoms. The van der Waals surface area contributed by atoms with Crippen LogP contribution in [0.5, 0.6) is 0 Å². The molecule has 0 aromatic carbocycles. The largest absolute Gasteiger partial charge is 0.378 e. The van der Waals surface area contributed by atoms with Crippen LogP contribution in [0.2, 0.25) is 0 Å². The van der Waals surface area contributed by atoms with E-state index in [-0.39, 0.29) is 17.9 Å². The van der Waals surface area contributed by atoms with Crippen LogP contribution in [0.3, 0.4) is 0 Å². The monoisotopic (exact) mass is 374 g/mol. The van der Waals surface area contributed by atoms with Crippen molar-refractivity contribution in [1.29, 1.82) is 0 Å². The molecule has 0 N–H and O–H groups in total. The maximum Gasteiger partial charge on any atom is 0.290 e. The number of nitrogens with zero attached hydrogens (tertiary/aromatic N) is 4. The SMILES string of the molecule is Cn1ccnc1C(=O)N1CCCC1c1ccc(C(=O)N2CCOCC2)s1. The van der Waals surface area contributed by atoms with Crippen molar-refractivity contribution < 1.29 is 14.3 Å². The number of amides is 2. The van der Waals surface area contributed by atoms with Crippen LogP contribution in [0.15, 0.2) is 24.5 Å². The van der Waals surface area contributed by atoms with Crippen LogP contribution in [-0.2, 0) is 11.8 Å². The molecular weight excluding hydrogens is 352 g/mol. The van der Waals surface area contributed by atoms with Gasteiger partial charge in [-0.1, -0.05) is 0 Å². The second kappa shape index (κ2) is 7.20. The molecule has 2 aliphatic heterocycles. The first kappa shape index (κ1) is 17.2. The van der Waals surface area contributed by atoms with Crippen molar-refractivity contribution in [2.75, 3.05) is 32.8 Å². The standard InChI is InChI=1S/C18H22N4O3S/c1-20-8-6-19-16(20)18(24)22-7-2-3-13(22)14-4-5-15(26-14)17(23)21-9-11-25-12-10-21/h4-6,8,13H,2-3,7,9-12H2,1H3. The zero-order valence-corrected chi connectivity index (χ0v) is 15.6. The van der Waals surface area contributed by atoms with Gasteiger partial charge in [0.25, 0.3) is 11.8 Å². The number of morpholine rings is 1. The molecule has 2 fully saturated rings. The third kappa shape index (κ3) is 3.14. The van der Waals surface area contributed by atoms with Crippen LogP contribution >= 0.6 is 11.3 Å². The fraction of sp³-hybridized carbons (Fsp3) is 0.500. The van der Waals surface area contributed by atoms with E-state index < -0.39 is 0 Å². The summed E-state index contributed by atoms with van der Waals surface area (Å²) in [5.41, 5.74) is 0. The second-order valence-electron chi connectivity index (χ2n) is 6.62. The molecule has 2 aromatic heterocycles. The average Bonchev–Trinajstić information content (AvgIpc) is 3.41. The average molecular weight is 374 g/mol. The lowest BCUT2D eigenvalue weighted by molar-refractivity contribution is 0.0306. The number of imidazole rings is 1. The molecule has 2 saturated heterocycles. The summed E-state index contributed by atoms with van der Waals surface area (Å²) in [5.74, 6) is 0.469. The van der Waals surface area contributed by atoms with Crippen molar-refractivity contribution in [3.8, 4) is 0 Å². The van der Waals surface area contributed by atoms with E-state index in [0.29, 0.717) is 32.1 Å². The van der Waals surface area contributed by atoms with Gasteiger partial charge in [-0.15, -0.1) is 11.3 Å². The van der Waals surface area contributed by atoms with Crippen molar-refractivity contribution in [2.24, 2.45) is 7.05 Å². The number of aromatic nitrogens is 2. The third-order valence-corrected chi connectivity index (χ3v) is 6.16. The fourth-order valence-corrected chi connectivity index (χ4v) is 4.70. The van der Waals surface area contributed by atoms with E-state index in [4.69, 9.17) is 4.74 Å².